The molecule has 0 aromatic carbocycles. The minimum atomic E-state index is -0.372. The highest BCUT2D eigenvalue weighted by molar-refractivity contribution is 5.12. The second-order valence-corrected chi connectivity index (χ2v) is 5.10. The lowest BCUT2D eigenvalue weighted by Gasteiger charge is -2.40. The number of azide groups is 1. The van der Waals surface area contributed by atoms with Crippen molar-refractivity contribution in [1.29, 1.82) is 5.26 Å². The number of nitriles is 1. The van der Waals surface area contributed by atoms with Crippen molar-refractivity contribution in [1.82, 2.24) is 5.32 Å². The van der Waals surface area contributed by atoms with Crippen molar-refractivity contribution in [3.8, 4) is 6.07 Å². The van der Waals surface area contributed by atoms with Crippen LogP contribution >= 0.6 is 0 Å². The Morgan fingerprint density at radius 1 is 1.59 bits per heavy atom. The summed E-state index contributed by atoms with van der Waals surface area (Å²) < 4.78 is 0. The molecule has 3 unspecified atom stereocenters. The summed E-state index contributed by atoms with van der Waals surface area (Å²) in [5.41, 5.74) is 7.80. The van der Waals surface area contributed by atoms with Gasteiger partial charge in [0.15, 0.2) is 0 Å². The maximum absolute atomic E-state index is 9.41. The zero-order chi connectivity index (χ0) is 12.7. The van der Waals surface area contributed by atoms with Gasteiger partial charge >= 0.3 is 0 Å². The Morgan fingerprint density at radius 2 is 2.35 bits per heavy atom. The molecular weight excluding hydrogens is 214 g/mol. The molecule has 0 radical (unpaired) electrons. The standard InChI is InChI=1S/C12H21N5/c1-10-4-5-12(9-13,11(2)8-10)15-6-3-7-16-17-14/h10-11,15H,3-8H2,1-2H3. The lowest BCUT2D eigenvalue weighted by atomic mass is 9.70. The summed E-state index contributed by atoms with van der Waals surface area (Å²) in [6.45, 7) is 5.64. The molecule has 94 valence electrons. The average Bonchev–Trinajstić information content (AvgIpc) is 2.32. The van der Waals surface area contributed by atoms with Gasteiger partial charge in [0.25, 0.3) is 0 Å². The summed E-state index contributed by atoms with van der Waals surface area (Å²) in [5.74, 6) is 1.10. The van der Waals surface area contributed by atoms with Crippen molar-refractivity contribution in [3.63, 3.8) is 0 Å². The lowest BCUT2D eigenvalue weighted by Crippen LogP contribution is -2.52. The molecule has 0 heterocycles. The molecule has 5 nitrogen and oxygen atoms in total. The normalized spacial score (nSPS) is 32.5. The molecule has 1 aliphatic carbocycles. The van der Waals surface area contributed by atoms with Gasteiger partial charge in [-0.3, -0.25) is 5.32 Å². The van der Waals surface area contributed by atoms with Crippen LogP contribution in [0, 0.1) is 23.2 Å². The fourth-order valence-corrected chi connectivity index (χ4v) is 2.62. The fraction of sp³-hybridized carbons (Fsp3) is 0.917. The first-order chi connectivity index (χ1) is 8.14. The molecule has 1 saturated carbocycles. The molecule has 0 aromatic heterocycles. The summed E-state index contributed by atoms with van der Waals surface area (Å²) in [7, 11) is 0. The van der Waals surface area contributed by atoms with Crippen LogP contribution in [0.2, 0.25) is 0 Å². The van der Waals surface area contributed by atoms with Crippen LogP contribution in [0.25, 0.3) is 10.4 Å². The molecular formula is C12H21N5. The first kappa shape index (κ1) is 13.8. The molecule has 17 heavy (non-hydrogen) atoms. The number of rotatable bonds is 5. The van der Waals surface area contributed by atoms with Crippen LogP contribution in [0.15, 0.2) is 5.11 Å². The maximum atomic E-state index is 9.41. The van der Waals surface area contributed by atoms with E-state index in [1.54, 1.807) is 0 Å². The van der Waals surface area contributed by atoms with Gasteiger partial charge in [-0.2, -0.15) is 5.26 Å². The molecule has 5 heteroatoms. The number of nitrogens with one attached hydrogen (secondary N) is 1. The zero-order valence-electron chi connectivity index (χ0n) is 10.7. The van der Waals surface area contributed by atoms with Crippen LogP contribution in [0.5, 0.6) is 0 Å². The van der Waals surface area contributed by atoms with Crippen LogP contribution in [0.1, 0.15) is 39.5 Å². The van der Waals surface area contributed by atoms with E-state index in [-0.39, 0.29) is 5.54 Å². The Bertz CT molecular complexity index is 328. The van der Waals surface area contributed by atoms with Gasteiger partial charge in [0.2, 0.25) is 0 Å². The summed E-state index contributed by atoms with van der Waals surface area (Å²) in [4.78, 5) is 2.71. The fourth-order valence-electron chi connectivity index (χ4n) is 2.62. The van der Waals surface area contributed by atoms with E-state index in [9.17, 15) is 5.26 Å². The molecule has 1 N–H and O–H groups in total. The van der Waals surface area contributed by atoms with Crippen LogP contribution in [0.3, 0.4) is 0 Å². The molecule has 0 aromatic rings. The Balaban J connectivity index is 2.46. The van der Waals surface area contributed by atoms with Crippen LogP contribution in [0.4, 0.5) is 0 Å². The van der Waals surface area contributed by atoms with E-state index >= 15 is 0 Å². The van der Waals surface area contributed by atoms with E-state index < -0.39 is 0 Å². The van der Waals surface area contributed by atoms with Gasteiger partial charge in [-0.05, 0) is 49.6 Å². The first-order valence-corrected chi connectivity index (χ1v) is 6.32. The summed E-state index contributed by atoms with van der Waals surface area (Å²) >= 11 is 0. The highest BCUT2D eigenvalue weighted by atomic mass is 15.1. The Kier molecular flexibility index (Phi) is 5.27. The quantitative estimate of drug-likeness (QED) is 0.344. The smallest absolute Gasteiger partial charge is 0.109 e. The van der Waals surface area contributed by atoms with Crippen LogP contribution in [-0.4, -0.2) is 18.6 Å². The highest BCUT2D eigenvalue weighted by Gasteiger charge is 2.39. The minimum Gasteiger partial charge on any atom is -0.299 e. The second kappa shape index (κ2) is 6.48. The van der Waals surface area contributed by atoms with E-state index in [2.05, 4.69) is 35.3 Å². The lowest BCUT2D eigenvalue weighted by molar-refractivity contribution is 0.172. The van der Waals surface area contributed by atoms with Gasteiger partial charge in [0.05, 0.1) is 6.07 Å². The molecule has 0 bridgehead atoms. The summed E-state index contributed by atoms with van der Waals surface area (Å²) in [6.07, 6.45) is 3.93. The topological polar surface area (TPSA) is 84.6 Å². The Morgan fingerprint density at radius 3 is 2.94 bits per heavy atom. The molecule has 3 atom stereocenters. The largest absolute Gasteiger partial charge is 0.299 e. The highest BCUT2D eigenvalue weighted by Crippen LogP contribution is 2.36. The van der Waals surface area contributed by atoms with Crippen molar-refractivity contribution in [3.05, 3.63) is 10.4 Å². The average molecular weight is 235 g/mol. The molecule has 0 aliphatic heterocycles. The molecule has 1 fully saturated rings. The Labute approximate surface area is 103 Å². The van der Waals surface area contributed by atoms with Crippen molar-refractivity contribution in [2.24, 2.45) is 17.0 Å². The van der Waals surface area contributed by atoms with E-state index in [1.807, 2.05) is 0 Å². The van der Waals surface area contributed by atoms with Crippen molar-refractivity contribution in [2.75, 3.05) is 13.1 Å². The molecule has 0 saturated heterocycles. The van der Waals surface area contributed by atoms with Crippen molar-refractivity contribution >= 4 is 0 Å². The van der Waals surface area contributed by atoms with E-state index in [4.69, 9.17) is 5.53 Å². The molecule has 1 rings (SSSR count). The minimum absolute atomic E-state index is 0.372. The zero-order valence-corrected chi connectivity index (χ0v) is 10.7. The number of hydrogen-bond donors (Lipinski definition) is 1. The van der Waals surface area contributed by atoms with E-state index in [1.165, 1.54) is 0 Å². The van der Waals surface area contributed by atoms with Crippen LogP contribution in [-0.2, 0) is 0 Å². The van der Waals surface area contributed by atoms with Gasteiger partial charge in [0, 0.05) is 11.5 Å². The van der Waals surface area contributed by atoms with Crippen LogP contribution < -0.4 is 5.32 Å². The van der Waals surface area contributed by atoms with Crippen molar-refractivity contribution in [2.45, 2.75) is 45.1 Å². The SMILES string of the molecule is CC1CCC(C#N)(NCCCN=[N+]=[N-])C(C)C1. The van der Waals surface area contributed by atoms with Gasteiger partial charge in [-0.1, -0.05) is 19.0 Å². The second-order valence-electron chi connectivity index (χ2n) is 5.10. The first-order valence-electron chi connectivity index (χ1n) is 6.32. The Hall–Kier alpha value is -1.24. The third-order valence-electron chi connectivity index (χ3n) is 3.77. The molecule has 1 aliphatic rings. The van der Waals surface area contributed by atoms with Gasteiger partial charge in [-0.25, -0.2) is 0 Å². The monoisotopic (exact) mass is 235 g/mol. The third kappa shape index (κ3) is 3.62. The van der Waals surface area contributed by atoms with Gasteiger partial charge in [0.1, 0.15) is 5.54 Å². The van der Waals surface area contributed by atoms with E-state index in [0.717, 1.165) is 38.1 Å². The van der Waals surface area contributed by atoms with E-state index in [0.29, 0.717) is 12.5 Å². The number of hydrogen-bond acceptors (Lipinski definition) is 3. The maximum Gasteiger partial charge on any atom is 0.109 e. The predicted octanol–water partition coefficient (Wildman–Crippen LogP) is 2.99. The van der Waals surface area contributed by atoms with Gasteiger partial charge in [-0.15, -0.1) is 0 Å². The summed E-state index contributed by atoms with van der Waals surface area (Å²) in [6, 6.07) is 2.46. The predicted molar refractivity (Wildman–Crippen MR) is 67.2 cm³/mol. The molecule has 0 spiro atoms. The van der Waals surface area contributed by atoms with Crippen molar-refractivity contribution < 1.29 is 0 Å². The molecule has 0 amide bonds. The van der Waals surface area contributed by atoms with Gasteiger partial charge < -0.3 is 0 Å². The third-order valence-corrected chi connectivity index (χ3v) is 3.77. The number of nitrogens with zero attached hydrogens (tertiary/aromatic N) is 4. The summed E-state index contributed by atoms with van der Waals surface area (Å²) in [5, 5.41) is 16.3.